The quantitative estimate of drug-likeness (QED) is 0.582. The highest BCUT2D eigenvalue weighted by Gasteiger charge is 2.37. The molecule has 2 aromatic rings. The molecule has 0 aliphatic heterocycles. The van der Waals surface area contributed by atoms with Crippen LogP contribution in [-0.2, 0) is 18.9 Å². The van der Waals surface area contributed by atoms with Gasteiger partial charge in [0.1, 0.15) is 5.69 Å². The van der Waals surface area contributed by atoms with E-state index in [0.717, 1.165) is 18.9 Å². The molecule has 1 amide bonds. The molecule has 2 N–H and O–H groups in total. The van der Waals surface area contributed by atoms with Crippen molar-refractivity contribution < 1.29 is 31.1 Å². The molecule has 1 saturated carbocycles. The minimum absolute atomic E-state index is 0.0539. The van der Waals surface area contributed by atoms with Gasteiger partial charge in [-0.1, -0.05) is 0 Å². The predicted octanol–water partition coefficient (Wildman–Crippen LogP) is 3.34. The number of hydrogen-bond donors (Lipinski definition) is 2. The minimum Gasteiger partial charge on any atom is -0.351 e. The molecule has 1 aliphatic carbocycles. The van der Waals surface area contributed by atoms with E-state index in [4.69, 9.17) is 0 Å². The third-order valence-electron chi connectivity index (χ3n) is 4.05. The summed E-state index contributed by atoms with van der Waals surface area (Å²) in [7, 11) is 0. The number of aromatic amines is 1. The summed E-state index contributed by atoms with van der Waals surface area (Å²) in [6.45, 7) is 0.203. The Morgan fingerprint density at radius 1 is 1.19 bits per heavy atom. The molecule has 2 aromatic heterocycles. The van der Waals surface area contributed by atoms with Crippen LogP contribution in [0.5, 0.6) is 0 Å². The van der Waals surface area contributed by atoms with E-state index in [9.17, 15) is 31.1 Å². The summed E-state index contributed by atoms with van der Waals surface area (Å²) in [6, 6.07) is 1.63. The summed E-state index contributed by atoms with van der Waals surface area (Å²) < 4.78 is 77.1. The van der Waals surface area contributed by atoms with Crippen molar-refractivity contribution >= 4 is 5.91 Å². The molecule has 0 atom stereocenters. The Kier molecular flexibility index (Phi) is 4.91. The standard InChI is InChI=1S/C15H15F6N5O/c16-14(17,18)11-6-9(23-24-11)13(27)22-4-1-5-26-10(8-2-3-8)7-12(25-26)15(19,20)21/h6-8H,1-5H2,(H,22,27)(H,23,24). The van der Waals surface area contributed by atoms with E-state index in [-0.39, 0.29) is 25.4 Å². The fourth-order valence-electron chi connectivity index (χ4n) is 2.56. The monoisotopic (exact) mass is 395 g/mol. The van der Waals surface area contributed by atoms with Gasteiger partial charge in [-0.25, -0.2) is 0 Å². The average Bonchev–Trinajstić information content (AvgIpc) is 3.10. The normalized spacial score (nSPS) is 15.2. The first-order chi connectivity index (χ1) is 12.6. The van der Waals surface area contributed by atoms with Crippen molar-refractivity contribution in [3.05, 3.63) is 34.9 Å². The fourth-order valence-corrected chi connectivity index (χ4v) is 2.56. The Balaban J connectivity index is 1.54. The first-order valence-electron chi connectivity index (χ1n) is 8.11. The van der Waals surface area contributed by atoms with Crippen molar-refractivity contribution in [1.82, 2.24) is 25.3 Å². The van der Waals surface area contributed by atoms with Gasteiger partial charge in [-0.2, -0.15) is 36.5 Å². The van der Waals surface area contributed by atoms with E-state index < -0.39 is 35.3 Å². The second-order valence-electron chi connectivity index (χ2n) is 6.22. The molecule has 6 nitrogen and oxygen atoms in total. The van der Waals surface area contributed by atoms with Crippen molar-refractivity contribution in [3.63, 3.8) is 0 Å². The number of nitrogens with zero attached hydrogens (tertiary/aromatic N) is 3. The van der Waals surface area contributed by atoms with E-state index >= 15 is 0 Å². The lowest BCUT2D eigenvalue weighted by Gasteiger charge is -2.07. The molecule has 0 spiro atoms. The number of amides is 1. The van der Waals surface area contributed by atoms with Crippen LogP contribution in [-0.4, -0.2) is 32.4 Å². The number of rotatable bonds is 6. The molecule has 2 heterocycles. The molecular weight excluding hydrogens is 380 g/mol. The molecule has 27 heavy (non-hydrogen) atoms. The van der Waals surface area contributed by atoms with Crippen molar-refractivity contribution in [2.24, 2.45) is 0 Å². The lowest BCUT2D eigenvalue weighted by atomic mass is 10.2. The molecular formula is C15H15F6N5O. The van der Waals surface area contributed by atoms with Crippen LogP contribution in [0.25, 0.3) is 0 Å². The molecule has 3 rings (SSSR count). The van der Waals surface area contributed by atoms with Crippen molar-refractivity contribution in [2.45, 2.75) is 44.1 Å². The van der Waals surface area contributed by atoms with Gasteiger partial charge >= 0.3 is 12.4 Å². The van der Waals surface area contributed by atoms with Crippen LogP contribution in [0.2, 0.25) is 0 Å². The van der Waals surface area contributed by atoms with E-state index in [2.05, 4.69) is 15.5 Å². The molecule has 0 bridgehead atoms. The van der Waals surface area contributed by atoms with Crippen LogP contribution in [0, 0.1) is 0 Å². The summed E-state index contributed by atoms with van der Waals surface area (Å²) >= 11 is 0. The van der Waals surface area contributed by atoms with Gasteiger partial charge in [-0.05, 0) is 25.3 Å². The van der Waals surface area contributed by atoms with Crippen molar-refractivity contribution in [1.29, 1.82) is 0 Å². The van der Waals surface area contributed by atoms with Crippen LogP contribution in [0.3, 0.4) is 0 Å². The minimum atomic E-state index is -4.64. The average molecular weight is 395 g/mol. The van der Waals surface area contributed by atoms with Gasteiger partial charge in [0, 0.05) is 30.8 Å². The Bertz CT molecular complexity index is 818. The highest BCUT2D eigenvalue weighted by atomic mass is 19.4. The van der Waals surface area contributed by atoms with Gasteiger partial charge in [0.05, 0.1) is 0 Å². The lowest BCUT2D eigenvalue weighted by Crippen LogP contribution is -2.26. The smallest absolute Gasteiger partial charge is 0.351 e. The highest BCUT2D eigenvalue weighted by Crippen LogP contribution is 2.42. The maximum absolute atomic E-state index is 12.8. The molecule has 0 saturated heterocycles. The van der Waals surface area contributed by atoms with Crippen LogP contribution < -0.4 is 5.32 Å². The summed E-state index contributed by atoms with van der Waals surface area (Å²) in [5.41, 5.74) is -2.00. The molecule has 0 radical (unpaired) electrons. The second-order valence-corrected chi connectivity index (χ2v) is 6.22. The van der Waals surface area contributed by atoms with Gasteiger partial charge in [0.2, 0.25) is 0 Å². The zero-order valence-electron chi connectivity index (χ0n) is 13.8. The molecule has 148 valence electrons. The Hall–Kier alpha value is -2.53. The van der Waals surface area contributed by atoms with E-state index in [1.807, 2.05) is 0 Å². The fraction of sp³-hybridized carbons (Fsp3) is 0.533. The zero-order valence-corrected chi connectivity index (χ0v) is 13.8. The van der Waals surface area contributed by atoms with Gasteiger partial charge in [-0.15, -0.1) is 0 Å². The number of H-pyrrole nitrogens is 1. The number of alkyl halides is 6. The third kappa shape index (κ3) is 4.61. The largest absolute Gasteiger partial charge is 0.435 e. The zero-order chi connectivity index (χ0) is 19.8. The first kappa shape index (κ1) is 19.2. The van der Waals surface area contributed by atoms with Gasteiger partial charge in [0.15, 0.2) is 11.4 Å². The molecule has 0 unspecified atom stereocenters. The maximum Gasteiger partial charge on any atom is 0.435 e. The lowest BCUT2D eigenvalue weighted by molar-refractivity contribution is -0.142. The van der Waals surface area contributed by atoms with Gasteiger partial charge in [-0.3, -0.25) is 14.6 Å². The van der Waals surface area contributed by atoms with E-state index in [0.29, 0.717) is 11.8 Å². The summed E-state index contributed by atoms with van der Waals surface area (Å²) in [4.78, 5) is 11.8. The number of aromatic nitrogens is 4. The second kappa shape index (κ2) is 6.89. The number of aryl methyl sites for hydroxylation is 1. The van der Waals surface area contributed by atoms with E-state index in [1.165, 1.54) is 4.68 Å². The van der Waals surface area contributed by atoms with Crippen LogP contribution >= 0.6 is 0 Å². The van der Waals surface area contributed by atoms with Crippen LogP contribution in [0.15, 0.2) is 12.1 Å². The Morgan fingerprint density at radius 2 is 1.89 bits per heavy atom. The molecule has 0 aromatic carbocycles. The number of carbonyl (C=O) groups excluding carboxylic acids is 1. The van der Waals surface area contributed by atoms with Gasteiger partial charge < -0.3 is 5.32 Å². The number of nitrogens with one attached hydrogen (secondary N) is 2. The maximum atomic E-state index is 12.8. The first-order valence-corrected chi connectivity index (χ1v) is 8.11. The van der Waals surface area contributed by atoms with Crippen molar-refractivity contribution in [2.75, 3.05) is 6.54 Å². The molecule has 1 fully saturated rings. The van der Waals surface area contributed by atoms with Crippen LogP contribution in [0.4, 0.5) is 26.3 Å². The Labute approximate surface area is 148 Å². The Morgan fingerprint density at radius 3 is 2.44 bits per heavy atom. The summed E-state index contributed by atoms with van der Waals surface area (Å²) in [5, 5.41) is 11.0. The van der Waals surface area contributed by atoms with E-state index in [1.54, 1.807) is 5.10 Å². The summed E-state index contributed by atoms with van der Waals surface area (Å²) in [6.07, 6.45) is -7.29. The van der Waals surface area contributed by atoms with Crippen LogP contribution in [0.1, 0.15) is 52.8 Å². The third-order valence-corrected chi connectivity index (χ3v) is 4.05. The summed E-state index contributed by atoms with van der Waals surface area (Å²) in [5.74, 6) is -0.742. The molecule has 1 aliphatic rings. The topological polar surface area (TPSA) is 75.6 Å². The number of hydrogen-bond acceptors (Lipinski definition) is 3. The van der Waals surface area contributed by atoms with Gasteiger partial charge in [0.25, 0.3) is 5.91 Å². The molecule has 12 heteroatoms. The highest BCUT2D eigenvalue weighted by molar-refractivity contribution is 5.92. The van der Waals surface area contributed by atoms with Crippen molar-refractivity contribution in [3.8, 4) is 0 Å². The number of carbonyl (C=O) groups is 1. The predicted molar refractivity (Wildman–Crippen MR) is 79.7 cm³/mol. The number of halogens is 6. The SMILES string of the molecule is O=C(NCCCn1nc(C(F)(F)F)cc1C1CC1)c1cc(C(F)(F)F)[nH]n1.